The van der Waals surface area contributed by atoms with E-state index in [0.29, 0.717) is 13.2 Å². The number of carbonyl (C=O) groups is 2. The molecule has 2 N–H and O–H groups in total. The van der Waals surface area contributed by atoms with Gasteiger partial charge in [0.2, 0.25) is 0 Å². The number of hydrogen-bond acceptors (Lipinski definition) is 8. The fourth-order valence-corrected chi connectivity index (χ4v) is 1.90. The van der Waals surface area contributed by atoms with Gasteiger partial charge in [0.05, 0.1) is 13.2 Å². The van der Waals surface area contributed by atoms with Crippen molar-refractivity contribution in [3.8, 4) is 0 Å². The van der Waals surface area contributed by atoms with Crippen LogP contribution in [-0.2, 0) is 28.5 Å². The van der Waals surface area contributed by atoms with Crippen molar-refractivity contribution in [2.45, 2.75) is 44.8 Å². The van der Waals surface area contributed by atoms with Crippen molar-refractivity contribution in [3.05, 3.63) is 24.8 Å². The lowest BCUT2D eigenvalue weighted by molar-refractivity contribution is -0.142. The average Bonchev–Trinajstić information content (AvgIpc) is 2.66. The second kappa shape index (κ2) is 17.7. The molecule has 0 aromatic rings. The number of esters is 2. The van der Waals surface area contributed by atoms with Gasteiger partial charge in [-0.2, -0.15) is 0 Å². The van der Waals surface area contributed by atoms with Gasteiger partial charge in [-0.15, -0.1) is 0 Å². The van der Waals surface area contributed by atoms with Gasteiger partial charge in [0.25, 0.3) is 0 Å². The largest absolute Gasteiger partial charge is 0.460 e. The highest BCUT2D eigenvalue weighted by molar-refractivity contribution is 5.81. The minimum absolute atomic E-state index is 0.0842. The zero-order valence-corrected chi connectivity index (χ0v) is 16.0. The van der Waals surface area contributed by atoms with Crippen LogP contribution in [0, 0.1) is 0 Å². The molecule has 0 saturated carbocycles. The fraction of sp³-hybridized carbons (Fsp3) is 0.684. The summed E-state index contributed by atoms with van der Waals surface area (Å²) in [7, 11) is 0. The molecule has 0 spiro atoms. The summed E-state index contributed by atoms with van der Waals surface area (Å²) in [5.41, 5.74) is 0. The van der Waals surface area contributed by atoms with Gasteiger partial charge in [-0.05, 0) is 19.8 Å². The molecular formula is C19H32O8. The number of hydrogen-bond donors (Lipinski definition) is 2. The van der Waals surface area contributed by atoms with Gasteiger partial charge in [0, 0.05) is 25.4 Å². The molecule has 0 aromatic carbocycles. The van der Waals surface area contributed by atoms with Crippen molar-refractivity contribution in [2.24, 2.45) is 0 Å². The van der Waals surface area contributed by atoms with Crippen molar-refractivity contribution in [1.82, 2.24) is 0 Å². The van der Waals surface area contributed by atoms with Crippen molar-refractivity contribution in [3.63, 3.8) is 0 Å². The minimum atomic E-state index is -0.842. The first kappa shape index (κ1) is 25.3. The molecule has 8 heteroatoms. The molecule has 0 amide bonds. The predicted octanol–water partition coefficient (Wildman–Crippen LogP) is 1.15. The van der Waals surface area contributed by atoms with Crippen molar-refractivity contribution in [1.29, 1.82) is 0 Å². The zero-order valence-electron chi connectivity index (χ0n) is 16.0. The normalized spacial score (nSPS) is 13.3. The molecular weight excluding hydrogens is 356 g/mol. The monoisotopic (exact) mass is 388 g/mol. The minimum Gasteiger partial charge on any atom is -0.460 e. The number of aliphatic hydroxyl groups excluding tert-OH is 2. The molecule has 0 fully saturated rings. The van der Waals surface area contributed by atoms with Crippen LogP contribution in [0.5, 0.6) is 0 Å². The van der Waals surface area contributed by atoms with Crippen molar-refractivity contribution >= 4 is 11.9 Å². The molecule has 0 bridgehead atoms. The van der Waals surface area contributed by atoms with Gasteiger partial charge in [0.1, 0.15) is 25.4 Å². The van der Waals surface area contributed by atoms with E-state index in [9.17, 15) is 19.8 Å². The summed E-state index contributed by atoms with van der Waals surface area (Å²) in [5.74, 6) is -1.05. The standard InChI is InChI=1S/C19H32O8/c1-3-9-19(23)27-15-17(21)13-25-11-8-6-5-7-10-24-12-16(20)14-26-18(22)4-2/h3-4,9,16-17,20-21H,2,5-8,10-15H2,1H3/b9-3+. The van der Waals surface area contributed by atoms with Crippen LogP contribution < -0.4 is 0 Å². The summed E-state index contributed by atoms with van der Waals surface area (Å²) >= 11 is 0. The van der Waals surface area contributed by atoms with E-state index in [0.717, 1.165) is 31.8 Å². The van der Waals surface area contributed by atoms with Crippen LogP contribution in [0.15, 0.2) is 24.8 Å². The quantitative estimate of drug-likeness (QED) is 0.217. The first-order valence-electron chi connectivity index (χ1n) is 9.09. The molecule has 2 unspecified atom stereocenters. The Hall–Kier alpha value is -1.74. The Morgan fingerprint density at radius 2 is 1.33 bits per heavy atom. The second-order valence-electron chi connectivity index (χ2n) is 5.84. The first-order chi connectivity index (χ1) is 13.0. The van der Waals surface area contributed by atoms with Gasteiger partial charge in [-0.25, -0.2) is 9.59 Å². The molecule has 0 aliphatic carbocycles. The summed E-state index contributed by atoms with van der Waals surface area (Å²) in [6.45, 7) is 6.06. The van der Waals surface area contributed by atoms with Gasteiger partial charge >= 0.3 is 11.9 Å². The number of ether oxygens (including phenoxy) is 4. The van der Waals surface area contributed by atoms with Gasteiger partial charge in [-0.1, -0.05) is 25.5 Å². The summed E-state index contributed by atoms with van der Waals surface area (Å²) in [5, 5.41) is 19.1. The zero-order chi connectivity index (χ0) is 20.3. The van der Waals surface area contributed by atoms with Crippen LogP contribution in [0.2, 0.25) is 0 Å². The number of carbonyl (C=O) groups excluding carboxylic acids is 2. The van der Waals surface area contributed by atoms with E-state index in [1.807, 2.05) is 0 Å². The SMILES string of the molecule is C=CC(=O)OCC(O)COCCCCCCOCC(O)COC(=O)/C=C/C. The smallest absolute Gasteiger partial charge is 0.330 e. The molecule has 0 saturated heterocycles. The van der Waals surface area contributed by atoms with Crippen LogP contribution in [0.4, 0.5) is 0 Å². The van der Waals surface area contributed by atoms with E-state index in [-0.39, 0.29) is 26.4 Å². The van der Waals surface area contributed by atoms with Gasteiger partial charge in [-0.3, -0.25) is 0 Å². The van der Waals surface area contributed by atoms with Crippen molar-refractivity contribution < 1.29 is 38.7 Å². The third-order valence-electron chi connectivity index (χ3n) is 3.25. The predicted molar refractivity (Wildman–Crippen MR) is 99.0 cm³/mol. The summed E-state index contributed by atoms with van der Waals surface area (Å²) in [6, 6.07) is 0. The molecule has 8 nitrogen and oxygen atoms in total. The second-order valence-corrected chi connectivity index (χ2v) is 5.84. The van der Waals surface area contributed by atoms with Crippen LogP contribution in [0.25, 0.3) is 0 Å². The van der Waals surface area contributed by atoms with Gasteiger partial charge < -0.3 is 29.2 Å². The van der Waals surface area contributed by atoms with E-state index in [1.165, 1.54) is 6.08 Å². The lowest BCUT2D eigenvalue weighted by atomic mass is 10.2. The van der Waals surface area contributed by atoms with Crippen LogP contribution in [-0.4, -0.2) is 74.0 Å². The summed E-state index contributed by atoms with van der Waals surface area (Å²) in [4.78, 5) is 21.9. The Morgan fingerprint density at radius 1 is 0.852 bits per heavy atom. The molecule has 0 aromatic heterocycles. The maximum Gasteiger partial charge on any atom is 0.330 e. The highest BCUT2D eigenvalue weighted by atomic mass is 16.6. The lowest BCUT2D eigenvalue weighted by Gasteiger charge is -2.11. The van der Waals surface area contributed by atoms with Crippen LogP contribution >= 0.6 is 0 Å². The average molecular weight is 388 g/mol. The molecule has 0 radical (unpaired) electrons. The Labute approximate surface area is 160 Å². The maximum absolute atomic E-state index is 11.1. The molecule has 2 atom stereocenters. The van der Waals surface area contributed by atoms with Crippen molar-refractivity contribution in [2.75, 3.05) is 39.6 Å². The highest BCUT2D eigenvalue weighted by Crippen LogP contribution is 2.02. The molecule has 156 valence electrons. The van der Waals surface area contributed by atoms with Crippen LogP contribution in [0.3, 0.4) is 0 Å². The van der Waals surface area contributed by atoms with E-state index in [4.69, 9.17) is 18.9 Å². The van der Waals surface area contributed by atoms with Gasteiger partial charge in [0.15, 0.2) is 0 Å². The van der Waals surface area contributed by atoms with E-state index < -0.39 is 24.1 Å². The van der Waals surface area contributed by atoms with Crippen LogP contribution in [0.1, 0.15) is 32.6 Å². The molecule has 0 aliphatic heterocycles. The topological polar surface area (TPSA) is 112 Å². The fourth-order valence-electron chi connectivity index (χ4n) is 1.90. The molecule has 0 rings (SSSR count). The summed E-state index contributed by atoms with van der Waals surface area (Å²) < 4.78 is 20.1. The molecule has 0 heterocycles. The third-order valence-corrected chi connectivity index (χ3v) is 3.25. The summed E-state index contributed by atoms with van der Waals surface area (Å²) in [6.07, 6.45) is 5.83. The van der Waals surface area contributed by atoms with E-state index in [1.54, 1.807) is 13.0 Å². The molecule has 0 aliphatic rings. The Morgan fingerprint density at radius 3 is 1.78 bits per heavy atom. The number of unbranched alkanes of at least 4 members (excludes halogenated alkanes) is 3. The Kier molecular flexibility index (Phi) is 16.5. The number of allylic oxidation sites excluding steroid dienone is 1. The highest BCUT2D eigenvalue weighted by Gasteiger charge is 2.08. The maximum atomic E-state index is 11.1. The number of aliphatic hydroxyl groups is 2. The molecule has 27 heavy (non-hydrogen) atoms. The van der Waals surface area contributed by atoms with E-state index in [2.05, 4.69) is 6.58 Å². The van der Waals surface area contributed by atoms with E-state index >= 15 is 0 Å². The lowest BCUT2D eigenvalue weighted by Crippen LogP contribution is -2.23. The first-order valence-corrected chi connectivity index (χ1v) is 9.09. The Balaban J connectivity index is 3.36. The third kappa shape index (κ3) is 17.4. The Bertz CT molecular complexity index is 435. The number of rotatable bonds is 17.